The number of carbonyl (C=O) groups is 1. The standard InChI is InChI=1S/C6H12O2/c1-5(7)3-4-6(2)8/h5,7H,3-4H2,1-2H3/t5-/m1/s1. The Morgan fingerprint density at radius 3 is 2.38 bits per heavy atom. The number of rotatable bonds is 3. The lowest BCUT2D eigenvalue weighted by atomic mass is 10.2. The molecule has 0 saturated heterocycles. The summed E-state index contributed by atoms with van der Waals surface area (Å²) in [6.07, 6.45) is 0.756. The zero-order valence-electron chi connectivity index (χ0n) is 5.35. The van der Waals surface area contributed by atoms with Gasteiger partial charge in [-0.3, -0.25) is 0 Å². The minimum Gasteiger partial charge on any atom is -0.393 e. The van der Waals surface area contributed by atoms with Gasteiger partial charge in [0.25, 0.3) is 0 Å². The van der Waals surface area contributed by atoms with Crippen molar-refractivity contribution in [1.82, 2.24) is 0 Å². The third-order valence-corrected chi connectivity index (χ3v) is 0.914. The van der Waals surface area contributed by atoms with E-state index >= 15 is 0 Å². The third-order valence-electron chi connectivity index (χ3n) is 0.914. The summed E-state index contributed by atoms with van der Waals surface area (Å²) in [6, 6.07) is 0. The predicted molar refractivity (Wildman–Crippen MR) is 31.6 cm³/mol. The number of aliphatic hydroxyl groups is 1. The molecule has 0 aliphatic heterocycles. The molecule has 0 spiro atoms. The van der Waals surface area contributed by atoms with Gasteiger partial charge in [0.05, 0.1) is 6.10 Å². The highest BCUT2D eigenvalue weighted by atomic mass is 16.3. The molecule has 0 aromatic heterocycles. The Morgan fingerprint density at radius 2 is 2.25 bits per heavy atom. The van der Waals surface area contributed by atoms with Gasteiger partial charge in [0.2, 0.25) is 0 Å². The van der Waals surface area contributed by atoms with Crippen molar-refractivity contribution in [1.29, 1.82) is 0 Å². The molecule has 2 nitrogen and oxygen atoms in total. The molecule has 0 aliphatic carbocycles. The molecule has 0 aromatic rings. The van der Waals surface area contributed by atoms with E-state index in [2.05, 4.69) is 0 Å². The fourth-order valence-electron chi connectivity index (χ4n) is 0.412. The lowest BCUT2D eigenvalue weighted by molar-refractivity contribution is -0.117. The first-order valence-electron chi connectivity index (χ1n) is 2.80. The highest BCUT2D eigenvalue weighted by Crippen LogP contribution is 1.94. The number of aliphatic hydroxyl groups excluding tert-OH is 1. The molecule has 0 unspecified atom stereocenters. The zero-order chi connectivity index (χ0) is 6.57. The summed E-state index contributed by atoms with van der Waals surface area (Å²) in [6.45, 7) is 3.21. The van der Waals surface area contributed by atoms with Crippen molar-refractivity contribution in [2.45, 2.75) is 32.8 Å². The van der Waals surface area contributed by atoms with Crippen molar-refractivity contribution in [3.05, 3.63) is 0 Å². The van der Waals surface area contributed by atoms with Crippen LogP contribution < -0.4 is 0 Å². The topological polar surface area (TPSA) is 37.3 Å². The summed E-state index contributed by atoms with van der Waals surface area (Å²) in [5.41, 5.74) is 0. The van der Waals surface area contributed by atoms with Crippen molar-refractivity contribution < 1.29 is 9.90 Å². The van der Waals surface area contributed by atoms with E-state index in [-0.39, 0.29) is 11.9 Å². The average molecular weight is 116 g/mol. The van der Waals surface area contributed by atoms with E-state index in [9.17, 15) is 4.79 Å². The summed E-state index contributed by atoms with van der Waals surface area (Å²) in [4.78, 5) is 10.2. The highest BCUT2D eigenvalue weighted by Gasteiger charge is 1.96. The number of carbonyl (C=O) groups excluding carboxylic acids is 1. The minimum absolute atomic E-state index is 0.144. The maximum Gasteiger partial charge on any atom is 0.129 e. The molecule has 8 heavy (non-hydrogen) atoms. The number of hydrogen-bond acceptors (Lipinski definition) is 2. The van der Waals surface area contributed by atoms with Gasteiger partial charge in [0, 0.05) is 6.42 Å². The van der Waals surface area contributed by atoms with E-state index in [4.69, 9.17) is 5.11 Å². The van der Waals surface area contributed by atoms with Crippen LogP contribution in [0.3, 0.4) is 0 Å². The Bertz CT molecular complexity index is 76.6. The van der Waals surface area contributed by atoms with Gasteiger partial charge in [-0.15, -0.1) is 0 Å². The number of ketones is 1. The molecule has 0 rings (SSSR count). The van der Waals surface area contributed by atoms with Crippen LogP contribution in [-0.2, 0) is 4.79 Å². The normalized spacial score (nSPS) is 13.4. The molecule has 0 heterocycles. The van der Waals surface area contributed by atoms with E-state index in [1.807, 2.05) is 0 Å². The van der Waals surface area contributed by atoms with Crippen LogP contribution in [0.5, 0.6) is 0 Å². The molecule has 0 saturated carbocycles. The van der Waals surface area contributed by atoms with E-state index in [0.29, 0.717) is 12.8 Å². The van der Waals surface area contributed by atoms with Crippen molar-refractivity contribution in [2.24, 2.45) is 0 Å². The van der Waals surface area contributed by atoms with Gasteiger partial charge in [-0.25, -0.2) is 0 Å². The molecule has 0 radical (unpaired) electrons. The van der Waals surface area contributed by atoms with Crippen LogP contribution in [0.1, 0.15) is 26.7 Å². The number of Topliss-reactive ketones (excluding diaryl/α,β-unsaturated/α-hetero) is 1. The van der Waals surface area contributed by atoms with E-state index in [1.165, 1.54) is 6.92 Å². The highest BCUT2D eigenvalue weighted by molar-refractivity contribution is 5.75. The van der Waals surface area contributed by atoms with Crippen LogP contribution in [0, 0.1) is 0 Å². The molecular weight excluding hydrogens is 104 g/mol. The summed E-state index contributed by atoms with van der Waals surface area (Å²) < 4.78 is 0. The molecule has 48 valence electrons. The summed E-state index contributed by atoms with van der Waals surface area (Å²) >= 11 is 0. The van der Waals surface area contributed by atoms with Crippen molar-refractivity contribution in [2.75, 3.05) is 0 Å². The fraction of sp³-hybridized carbons (Fsp3) is 0.833. The Balaban J connectivity index is 3.05. The predicted octanol–water partition coefficient (Wildman–Crippen LogP) is 0.736. The molecule has 0 aromatic carbocycles. The second-order valence-electron chi connectivity index (χ2n) is 2.09. The first-order chi connectivity index (χ1) is 3.63. The van der Waals surface area contributed by atoms with Gasteiger partial charge in [-0.05, 0) is 20.3 Å². The second-order valence-corrected chi connectivity index (χ2v) is 2.09. The van der Waals surface area contributed by atoms with Gasteiger partial charge in [-0.2, -0.15) is 0 Å². The smallest absolute Gasteiger partial charge is 0.129 e. The fourth-order valence-corrected chi connectivity index (χ4v) is 0.412. The monoisotopic (exact) mass is 116 g/mol. The van der Waals surface area contributed by atoms with Gasteiger partial charge >= 0.3 is 0 Å². The zero-order valence-corrected chi connectivity index (χ0v) is 5.35. The Kier molecular flexibility index (Phi) is 3.44. The Hall–Kier alpha value is -0.370. The van der Waals surface area contributed by atoms with Gasteiger partial charge < -0.3 is 9.90 Å². The molecular formula is C6H12O2. The van der Waals surface area contributed by atoms with Gasteiger partial charge in [0.15, 0.2) is 0 Å². The maximum atomic E-state index is 10.2. The van der Waals surface area contributed by atoms with Crippen LogP contribution in [0.25, 0.3) is 0 Å². The lowest BCUT2D eigenvalue weighted by Gasteiger charge is -1.98. The SMILES string of the molecule is CC(=O)CC[C@@H](C)O. The summed E-state index contributed by atoms with van der Waals surface area (Å²) in [5, 5.41) is 8.65. The molecule has 2 heteroatoms. The van der Waals surface area contributed by atoms with Crippen molar-refractivity contribution >= 4 is 5.78 Å². The third kappa shape index (κ3) is 5.63. The molecule has 1 N–H and O–H groups in total. The lowest BCUT2D eigenvalue weighted by Crippen LogP contribution is -2.01. The minimum atomic E-state index is -0.334. The van der Waals surface area contributed by atoms with Crippen LogP contribution in [0.15, 0.2) is 0 Å². The van der Waals surface area contributed by atoms with Crippen LogP contribution in [-0.4, -0.2) is 17.0 Å². The van der Waals surface area contributed by atoms with Crippen molar-refractivity contribution in [3.63, 3.8) is 0 Å². The summed E-state index contributed by atoms with van der Waals surface area (Å²) in [7, 11) is 0. The van der Waals surface area contributed by atoms with Crippen LogP contribution in [0.2, 0.25) is 0 Å². The first-order valence-corrected chi connectivity index (χ1v) is 2.80. The Labute approximate surface area is 49.5 Å². The van der Waals surface area contributed by atoms with E-state index < -0.39 is 0 Å². The van der Waals surface area contributed by atoms with Crippen LogP contribution in [0.4, 0.5) is 0 Å². The number of hydrogen-bond donors (Lipinski definition) is 1. The maximum absolute atomic E-state index is 10.2. The molecule has 0 bridgehead atoms. The van der Waals surface area contributed by atoms with Crippen LogP contribution >= 0.6 is 0 Å². The molecule has 1 atom stereocenters. The van der Waals surface area contributed by atoms with Crippen molar-refractivity contribution in [3.8, 4) is 0 Å². The van der Waals surface area contributed by atoms with E-state index in [1.54, 1.807) is 6.92 Å². The van der Waals surface area contributed by atoms with Gasteiger partial charge in [-0.1, -0.05) is 0 Å². The Morgan fingerprint density at radius 1 is 1.75 bits per heavy atom. The van der Waals surface area contributed by atoms with E-state index in [0.717, 1.165) is 0 Å². The summed E-state index contributed by atoms with van der Waals surface area (Å²) in [5.74, 6) is 0.144. The quantitative estimate of drug-likeness (QED) is 0.590. The molecule has 0 amide bonds. The van der Waals surface area contributed by atoms with Gasteiger partial charge in [0.1, 0.15) is 5.78 Å². The average Bonchev–Trinajstić information content (AvgIpc) is 1.61. The molecule has 0 aliphatic rings. The second kappa shape index (κ2) is 3.61. The largest absolute Gasteiger partial charge is 0.393 e. The first kappa shape index (κ1) is 7.63. The molecule has 0 fully saturated rings.